The molecule has 1 amide bonds. The number of alkyl halides is 3. The monoisotopic (exact) mass is 494 g/mol. The highest BCUT2D eigenvalue weighted by Crippen LogP contribution is 2.32. The van der Waals surface area contributed by atoms with Crippen LogP contribution < -0.4 is 9.46 Å². The molecule has 0 atom stereocenters. The van der Waals surface area contributed by atoms with Gasteiger partial charge < -0.3 is 9.64 Å². The van der Waals surface area contributed by atoms with Crippen LogP contribution in [0, 0.1) is 0 Å². The maximum Gasteiger partial charge on any atom is 0.573 e. The number of carbonyl (C=O) groups excluding carboxylic acids is 1. The number of anilines is 1. The summed E-state index contributed by atoms with van der Waals surface area (Å²) >= 11 is 0. The van der Waals surface area contributed by atoms with Crippen molar-refractivity contribution in [3.63, 3.8) is 0 Å². The van der Waals surface area contributed by atoms with Crippen molar-refractivity contribution < 1.29 is 31.1 Å². The van der Waals surface area contributed by atoms with Gasteiger partial charge in [0.1, 0.15) is 12.1 Å². The number of nitrogens with zero attached hydrogens (tertiary/aromatic N) is 3. The van der Waals surface area contributed by atoms with Crippen molar-refractivity contribution in [2.45, 2.75) is 25.1 Å². The second kappa shape index (κ2) is 9.09. The molecule has 2 aromatic carbocycles. The molecule has 1 aromatic heterocycles. The van der Waals surface area contributed by atoms with E-state index in [2.05, 4.69) is 19.4 Å². The molecule has 0 saturated carbocycles. The SMILES string of the molecule is CS(=O)(=O)Nc1ccc2c(C3CCN(C(=O)c4ccc(OC(F)(F)F)cc4)CC3)ncnc2c1. The number of carbonyl (C=O) groups is 1. The fourth-order valence-corrected chi connectivity index (χ4v) is 4.57. The predicted molar refractivity (Wildman–Crippen MR) is 119 cm³/mol. The number of halogens is 3. The first kappa shape index (κ1) is 23.7. The van der Waals surface area contributed by atoms with Crippen molar-refractivity contribution in [2.75, 3.05) is 24.1 Å². The molecule has 0 spiro atoms. The maximum atomic E-state index is 12.8. The van der Waals surface area contributed by atoms with E-state index in [-0.39, 0.29) is 23.1 Å². The second-order valence-corrected chi connectivity index (χ2v) is 9.75. The lowest BCUT2D eigenvalue weighted by atomic mass is 9.90. The average molecular weight is 494 g/mol. The molecule has 0 unspecified atom stereocenters. The summed E-state index contributed by atoms with van der Waals surface area (Å²) in [6, 6.07) is 9.94. The largest absolute Gasteiger partial charge is 0.573 e. The van der Waals surface area contributed by atoms with Gasteiger partial charge in [-0.2, -0.15) is 0 Å². The van der Waals surface area contributed by atoms with Gasteiger partial charge in [0.15, 0.2) is 0 Å². The van der Waals surface area contributed by atoms with E-state index in [9.17, 15) is 26.4 Å². The summed E-state index contributed by atoms with van der Waals surface area (Å²) in [5.74, 6) is -0.569. The summed E-state index contributed by atoms with van der Waals surface area (Å²) in [5, 5.41) is 0.812. The van der Waals surface area contributed by atoms with Gasteiger partial charge in [0.2, 0.25) is 10.0 Å². The van der Waals surface area contributed by atoms with Gasteiger partial charge in [0.05, 0.1) is 23.2 Å². The molecule has 1 fully saturated rings. The number of ether oxygens (including phenoxy) is 1. The standard InChI is InChI=1S/C22H21F3N4O4S/c1-34(31,32)28-16-4-7-18-19(12-16)26-13-27-20(18)14-8-10-29(11-9-14)21(30)15-2-5-17(6-3-15)33-22(23,24)25/h2-7,12-14,28H,8-11H2,1H3. The second-order valence-electron chi connectivity index (χ2n) is 8.00. The quantitative estimate of drug-likeness (QED) is 0.577. The Hall–Kier alpha value is -3.41. The van der Waals surface area contributed by atoms with Gasteiger partial charge in [0.25, 0.3) is 5.91 Å². The highest BCUT2D eigenvalue weighted by atomic mass is 32.2. The molecule has 0 bridgehead atoms. The zero-order valence-corrected chi connectivity index (χ0v) is 18.9. The molecule has 4 rings (SSSR count). The number of likely N-dealkylation sites (tertiary alicyclic amines) is 1. The molecule has 1 aliphatic rings. The summed E-state index contributed by atoms with van der Waals surface area (Å²) in [7, 11) is -3.41. The molecule has 12 heteroatoms. The summed E-state index contributed by atoms with van der Waals surface area (Å²) < 4.78 is 66.2. The first-order chi connectivity index (χ1) is 16.0. The van der Waals surface area contributed by atoms with Crippen molar-refractivity contribution in [2.24, 2.45) is 0 Å². The van der Waals surface area contributed by atoms with Crippen LogP contribution in [0.3, 0.4) is 0 Å². The fourth-order valence-electron chi connectivity index (χ4n) is 4.02. The zero-order valence-electron chi connectivity index (χ0n) is 18.0. The van der Waals surface area contributed by atoms with Crippen molar-refractivity contribution in [3.05, 3.63) is 60.0 Å². The Morgan fingerprint density at radius 3 is 2.38 bits per heavy atom. The maximum absolute atomic E-state index is 12.8. The molecule has 1 aliphatic heterocycles. The molecular weight excluding hydrogens is 473 g/mol. The molecule has 2 heterocycles. The normalized spacial score (nSPS) is 15.4. The summed E-state index contributed by atoms with van der Waals surface area (Å²) in [6.07, 6.45) is -0.983. The molecular formula is C22H21F3N4O4S. The number of benzene rings is 2. The van der Waals surface area contributed by atoms with Gasteiger partial charge in [-0.05, 0) is 55.3 Å². The first-order valence-electron chi connectivity index (χ1n) is 10.4. The molecule has 0 radical (unpaired) electrons. The Morgan fingerprint density at radius 1 is 1.09 bits per heavy atom. The minimum Gasteiger partial charge on any atom is -0.406 e. The minimum absolute atomic E-state index is 0.0748. The Bertz CT molecular complexity index is 1310. The van der Waals surface area contributed by atoms with Crippen molar-refractivity contribution >= 4 is 32.5 Å². The number of nitrogens with one attached hydrogen (secondary N) is 1. The lowest BCUT2D eigenvalue weighted by molar-refractivity contribution is -0.274. The molecule has 0 aliphatic carbocycles. The highest BCUT2D eigenvalue weighted by Gasteiger charge is 2.31. The van der Waals surface area contributed by atoms with Crippen molar-refractivity contribution in [3.8, 4) is 5.75 Å². The van der Waals surface area contributed by atoms with Crippen LogP contribution in [-0.2, 0) is 10.0 Å². The molecule has 180 valence electrons. The van der Waals surface area contributed by atoms with Gasteiger partial charge >= 0.3 is 6.36 Å². The van der Waals surface area contributed by atoms with Crippen molar-refractivity contribution in [1.82, 2.24) is 14.9 Å². The minimum atomic E-state index is -4.79. The third-order valence-corrected chi connectivity index (χ3v) is 6.08. The summed E-state index contributed by atoms with van der Waals surface area (Å²) in [6.45, 7) is 0.924. The lowest BCUT2D eigenvalue weighted by Crippen LogP contribution is -2.38. The topological polar surface area (TPSA) is 101 Å². The first-order valence-corrected chi connectivity index (χ1v) is 12.3. The molecule has 1 saturated heterocycles. The van der Waals surface area contributed by atoms with E-state index in [0.717, 1.165) is 29.5 Å². The van der Waals surface area contributed by atoms with E-state index in [4.69, 9.17) is 0 Å². The fraction of sp³-hybridized carbons (Fsp3) is 0.318. The number of hydrogen-bond donors (Lipinski definition) is 1. The van der Waals surface area contributed by atoms with Crippen LogP contribution >= 0.6 is 0 Å². The van der Waals surface area contributed by atoms with Crippen LogP contribution in [0.4, 0.5) is 18.9 Å². The summed E-state index contributed by atoms with van der Waals surface area (Å²) in [5.41, 5.74) is 2.13. The number of fused-ring (bicyclic) bond motifs is 1. The zero-order chi connectivity index (χ0) is 24.5. The number of hydrogen-bond acceptors (Lipinski definition) is 6. The molecule has 1 N–H and O–H groups in total. The number of rotatable bonds is 5. The Labute approximate surface area is 193 Å². The van der Waals surface area contributed by atoms with Crippen LogP contribution in [0.25, 0.3) is 10.9 Å². The predicted octanol–water partition coefficient (Wildman–Crippen LogP) is 3.92. The van der Waals surface area contributed by atoms with E-state index in [1.165, 1.54) is 18.5 Å². The number of aromatic nitrogens is 2. The van der Waals surface area contributed by atoms with Crippen LogP contribution in [-0.4, -0.2) is 54.9 Å². The average Bonchev–Trinajstić information content (AvgIpc) is 2.76. The third kappa shape index (κ3) is 5.74. The van der Waals surface area contributed by atoms with E-state index in [0.29, 0.717) is 37.1 Å². The smallest absolute Gasteiger partial charge is 0.406 e. The Morgan fingerprint density at radius 2 is 1.76 bits per heavy atom. The van der Waals surface area contributed by atoms with Crippen LogP contribution in [0.15, 0.2) is 48.8 Å². The molecule has 8 nitrogen and oxygen atoms in total. The van der Waals surface area contributed by atoms with Gasteiger partial charge in [-0.25, -0.2) is 18.4 Å². The van der Waals surface area contributed by atoms with Gasteiger partial charge in [-0.3, -0.25) is 9.52 Å². The Balaban J connectivity index is 1.44. The molecule has 3 aromatic rings. The van der Waals surface area contributed by atoms with Gasteiger partial charge in [-0.1, -0.05) is 0 Å². The highest BCUT2D eigenvalue weighted by molar-refractivity contribution is 7.92. The van der Waals surface area contributed by atoms with Crippen LogP contribution in [0.5, 0.6) is 5.75 Å². The summed E-state index contributed by atoms with van der Waals surface area (Å²) in [4.78, 5) is 23.1. The van der Waals surface area contributed by atoms with Gasteiger partial charge in [-0.15, -0.1) is 13.2 Å². The number of sulfonamides is 1. The number of amides is 1. The van der Waals surface area contributed by atoms with E-state index < -0.39 is 16.4 Å². The number of piperidine rings is 1. The third-order valence-electron chi connectivity index (χ3n) is 5.47. The lowest BCUT2D eigenvalue weighted by Gasteiger charge is -2.32. The van der Waals surface area contributed by atoms with Crippen LogP contribution in [0.1, 0.15) is 34.8 Å². The van der Waals surface area contributed by atoms with E-state index >= 15 is 0 Å². The molecule has 34 heavy (non-hydrogen) atoms. The van der Waals surface area contributed by atoms with E-state index in [1.807, 2.05) is 0 Å². The van der Waals surface area contributed by atoms with Gasteiger partial charge in [0, 0.05) is 30.0 Å². The van der Waals surface area contributed by atoms with Crippen LogP contribution in [0.2, 0.25) is 0 Å². The van der Waals surface area contributed by atoms with Crippen molar-refractivity contribution in [1.29, 1.82) is 0 Å². The van der Waals surface area contributed by atoms with E-state index in [1.54, 1.807) is 23.1 Å². The Kier molecular flexibility index (Phi) is 6.34.